The molecule has 2 aromatic heterocycles. The normalized spacial score (nSPS) is 17.9. The Morgan fingerprint density at radius 2 is 1.86 bits per heavy atom. The minimum Gasteiger partial charge on any atom is -0.369 e. The molecule has 1 aliphatic carbocycles. The van der Waals surface area contributed by atoms with Crippen LogP contribution in [-0.2, 0) is 11.9 Å². The maximum atomic E-state index is 13.0. The molecule has 3 aromatic rings. The molecule has 8 nitrogen and oxygen atoms in total. The van der Waals surface area contributed by atoms with E-state index in [1.807, 2.05) is 55.3 Å². The van der Waals surface area contributed by atoms with Crippen LogP contribution in [0, 0.1) is 35.5 Å². The van der Waals surface area contributed by atoms with Crippen molar-refractivity contribution >= 4 is 22.4 Å². The van der Waals surface area contributed by atoms with Crippen molar-refractivity contribution in [2.45, 2.75) is 45.3 Å². The number of aryl methyl sites for hydroxylation is 2. The third-order valence-electron chi connectivity index (χ3n) is 7.08. The zero-order valence-electron chi connectivity index (χ0n) is 20.8. The third-order valence-corrected chi connectivity index (χ3v) is 7.08. The van der Waals surface area contributed by atoms with Gasteiger partial charge >= 0.3 is 6.61 Å². The maximum absolute atomic E-state index is 13.0. The van der Waals surface area contributed by atoms with E-state index in [4.69, 9.17) is 0 Å². The van der Waals surface area contributed by atoms with Crippen LogP contribution in [0.2, 0.25) is 0 Å². The van der Waals surface area contributed by atoms with Gasteiger partial charge in [-0.1, -0.05) is 29.4 Å². The van der Waals surface area contributed by atoms with Crippen LogP contribution in [0.4, 0.5) is 14.5 Å². The first kappa shape index (κ1) is 25.8. The fraction of sp³-hybridized carbons (Fsp3) is 0.370. The molecule has 0 unspecified atom stereocenters. The molecule has 2 heterocycles. The summed E-state index contributed by atoms with van der Waals surface area (Å²) in [6, 6.07) is 14.7. The van der Waals surface area contributed by atoms with E-state index in [0.29, 0.717) is 48.1 Å². The SMILES string of the molecule is Cc1ccccc1/C(=N/OC(F)F)C1CCC(N(C)c2c(C#N)c(=O)n(C)c3ccc(C#N)nc23)CC1. The number of rotatable bonds is 6. The minimum absolute atomic E-state index is 0.0327. The molecule has 0 spiro atoms. The number of hydrogen-bond donors (Lipinski definition) is 0. The van der Waals surface area contributed by atoms with E-state index < -0.39 is 12.2 Å². The number of alkyl halides is 2. The van der Waals surface area contributed by atoms with Crippen molar-refractivity contribution in [1.29, 1.82) is 10.5 Å². The van der Waals surface area contributed by atoms with E-state index in [1.54, 1.807) is 13.1 Å². The average Bonchev–Trinajstić information content (AvgIpc) is 2.91. The second kappa shape index (κ2) is 10.8. The van der Waals surface area contributed by atoms with E-state index in [2.05, 4.69) is 15.0 Å². The van der Waals surface area contributed by atoms with Crippen molar-refractivity contribution in [2.24, 2.45) is 18.1 Å². The summed E-state index contributed by atoms with van der Waals surface area (Å²) in [7, 11) is 3.39. The number of hydrogen-bond acceptors (Lipinski definition) is 7. The van der Waals surface area contributed by atoms with Gasteiger partial charge in [0.15, 0.2) is 0 Å². The van der Waals surface area contributed by atoms with E-state index in [0.717, 1.165) is 11.1 Å². The molecule has 0 saturated heterocycles. The highest BCUT2D eigenvalue weighted by Crippen LogP contribution is 2.35. The van der Waals surface area contributed by atoms with Gasteiger partial charge in [0.05, 0.1) is 16.9 Å². The van der Waals surface area contributed by atoms with E-state index in [9.17, 15) is 24.1 Å². The van der Waals surface area contributed by atoms with Gasteiger partial charge in [0.25, 0.3) is 5.56 Å². The van der Waals surface area contributed by atoms with Gasteiger partial charge in [0.1, 0.15) is 28.9 Å². The predicted octanol–water partition coefficient (Wildman–Crippen LogP) is 4.62. The number of pyridine rings is 2. The van der Waals surface area contributed by atoms with Gasteiger partial charge in [-0.2, -0.15) is 19.3 Å². The highest BCUT2D eigenvalue weighted by Gasteiger charge is 2.31. The second-order valence-corrected chi connectivity index (χ2v) is 9.15. The number of halogens is 2. The molecule has 1 saturated carbocycles. The van der Waals surface area contributed by atoms with Crippen molar-refractivity contribution in [3.05, 3.63) is 69.1 Å². The summed E-state index contributed by atoms with van der Waals surface area (Å²) in [5.41, 5.74) is 3.25. The lowest BCUT2D eigenvalue weighted by atomic mass is 9.80. The molecule has 1 fully saturated rings. The van der Waals surface area contributed by atoms with Crippen molar-refractivity contribution in [3.63, 3.8) is 0 Å². The lowest BCUT2D eigenvalue weighted by molar-refractivity contribution is -0.128. The smallest absolute Gasteiger partial charge is 0.369 e. The first-order valence-corrected chi connectivity index (χ1v) is 11.9. The van der Waals surface area contributed by atoms with Gasteiger partial charge in [-0.3, -0.25) is 4.79 Å². The van der Waals surface area contributed by atoms with Gasteiger partial charge in [0.2, 0.25) is 0 Å². The van der Waals surface area contributed by atoms with Gasteiger partial charge in [-0.15, -0.1) is 0 Å². The molecule has 0 N–H and O–H groups in total. The summed E-state index contributed by atoms with van der Waals surface area (Å²) in [4.78, 5) is 23.7. The van der Waals surface area contributed by atoms with Crippen LogP contribution in [0.25, 0.3) is 11.0 Å². The topological polar surface area (TPSA) is 107 Å². The van der Waals surface area contributed by atoms with Crippen LogP contribution in [-0.4, -0.2) is 35.0 Å². The van der Waals surface area contributed by atoms with E-state index in [1.165, 1.54) is 10.6 Å². The first-order chi connectivity index (χ1) is 17.8. The Bertz CT molecular complexity index is 1490. The summed E-state index contributed by atoms with van der Waals surface area (Å²) in [6.45, 7) is -1.11. The van der Waals surface area contributed by atoms with Crippen LogP contribution in [0.15, 0.2) is 46.3 Å². The molecule has 0 bridgehead atoms. The van der Waals surface area contributed by atoms with Crippen LogP contribution < -0.4 is 10.5 Å². The molecule has 1 aliphatic rings. The molecule has 1 aromatic carbocycles. The summed E-state index contributed by atoms with van der Waals surface area (Å²) in [5.74, 6) is -0.0939. The van der Waals surface area contributed by atoms with Gasteiger partial charge in [-0.05, 0) is 50.3 Å². The van der Waals surface area contributed by atoms with Crippen LogP contribution in [0.5, 0.6) is 0 Å². The number of oxime groups is 1. The number of anilines is 1. The Morgan fingerprint density at radius 3 is 2.49 bits per heavy atom. The van der Waals surface area contributed by atoms with E-state index >= 15 is 0 Å². The number of nitriles is 2. The fourth-order valence-electron chi connectivity index (χ4n) is 5.12. The highest BCUT2D eigenvalue weighted by molar-refractivity contribution is 6.03. The number of aromatic nitrogens is 2. The predicted molar refractivity (Wildman–Crippen MR) is 135 cm³/mol. The van der Waals surface area contributed by atoms with Crippen molar-refractivity contribution in [1.82, 2.24) is 9.55 Å². The van der Waals surface area contributed by atoms with E-state index in [-0.39, 0.29) is 23.2 Å². The molecule has 4 rings (SSSR count). The summed E-state index contributed by atoms with van der Waals surface area (Å²) < 4.78 is 27.0. The van der Waals surface area contributed by atoms with Crippen LogP contribution in [0.3, 0.4) is 0 Å². The maximum Gasteiger partial charge on any atom is 0.407 e. The largest absolute Gasteiger partial charge is 0.407 e. The lowest BCUT2D eigenvalue weighted by Gasteiger charge is -2.37. The zero-order valence-corrected chi connectivity index (χ0v) is 20.8. The Morgan fingerprint density at radius 1 is 1.16 bits per heavy atom. The van der Waals surface area contributed by atoms with Crippen LogP contribution >= 0.6 is 0 Å². The standard InChI is InChI=1S/C27H26F2N6O2/c1-16-6-4-5-7-20(16)23(33-37-27(28)29)17-8-11-19(12-9-17)34(2)25-21(15-31)26(36)35(3)22-13-10-18(14-30)32-24(22)25/h4-7,10,13,17,19,27H,8-9,11-12H2,1-3H3/b33-23+. The Balaban J connectivity index is 1.67. The molecule has 0 atom stereocenters. The van der Waals surface area contributed by atoms with Crippen LogP contribution in [0.1, 0.15) is 48.1 Å². The monoisotopic (exact) mass is 504 g/mol. The number of fused-ring (bicyclic) bond motifs is 1. The molecule has 190 valence electrons. The summed E-state index contributed by atoms with van der Waals surface area (Å²) >= 11 is 0. The summed E-state index contributed by atoms with van der Waals surface area (Å²) in [5, 5.41) is 23.1. The Labute approximate surface area is 213 Å². The quantitative estimate of drug-likeness (QED) is 0.358. The number of benzene rings is 1. The third kappa shape index (κ3) is 5.01. The fourth-order valence-corrected chi connectivity index (χ4v) is 5.12. The van der Waals surface area contributed by atoms with Crippen molar-refractivity contribution in [3.8, 4) is 12.1 Å². The molecular weight excluding hydrogens is 478 g/mol. The Hall–Kier alpha value is -4.31. The van der Waals surface area contributed by atoms with Crippen molar-refractivity contribution < 1.29 is 13.6 Å². The first-order valence-electron chi connectivity index (χ1n) is 11.9. The Kier molecular flexibility index (Phi) is 7.49. The minimum atomic E-state index is -3.01. The van der Waals surface area contributed by atoms with Gasteiger partial charge < -0.3 is 14.3 Å². The molecule has 0 radical (unpaired) electrons. The lowest BCUT2D eigenvalue weighted by Crippen LogP contribution is -2.39. The molecule has 0 aliphatic heterocycles. The second-order valence-electron chi connectivity index (χ2n) is 9.15. The summed E-state index contributed by atoms with van der Waals surface area (Å²) in [6.07, 6.45) is 2.63. The zero-order chi connectivity index (χ0) is 26.7. The molecule has 0 amide bonds. The molecular formula is C27H26F2N6O2. The average molecular weight is 505 g/mol. The molecule has 10 heteroatoms. The van der Waals surface area contributed by atoms with Gasteiger partial charge in [-0.25, -0.2) is 4.98 Å². The van der Waals surface area contributed by atoms with Gasteiger partial charge in [0, 0.05) is 31.6 Å². The highest BCUT2D eigenvalue weighted by atomic mass is 19.3. The number of nitrogens with zero attached hydrogens (tertiary/aromatic N) is 6. The molecule has 37 heavy (non-hydrogen) atoms. The van der Waals surface area contributed by atoms with Crippen molar-refractivity contribution in [2.75, 3.05) is 11.9 Å².